The standard InChI is InChI=1S/C13H18O/c1-5-13(3,4)12(14)11-8-6-10(2)7-9-11/h5-9,12,14H,1H2,2-4H3. The molecule has 14 heavy (non-hydrogen) atoms. The van der Waals surface area contributed by atoms with Crippen molar-refractivity contribution in [3.63, 3.8) is 0 Å². The topological polar surface area (TPSA) is 20.2 Å². The van der Waals surface area contributed by atoms with E-state index in [9.17, 15) is 5.11 Å². The number of hydrogen-bond acceptors (Lipinski definition) is 1. The lowest BCUT2D eigenvalue weighted by Gasteiger charge is -2.27. The van der Waals surface area contributed by atoms with E-state index in [1.807, 2.05) is 45.0 Å². The second-order valence-corrected chi connectivity index (χ2v) is 4.34. The minimum absolute atomic E-state index is 0.282. The summed E-state index contributed by atoms with van der Waals surface area (Å²) in [4.78, 5) is 0. The molecule has 0 aliphatic carbocycles. The molecule has 0 aliphatic heterocycles. The van der Waals surface area contributed by atoms with E-state index in [0.717, 1.165) is 5.56 Å². The average Bonchev–Trinajstić information content (AvgIpc) is 2.18. The number of rotatable bonds is 3. The number of aliphatic hydroxyl groups excluding tert-OH is 1. The minimum Gasteiger partial charge on any atom is -0.388 e. The van der Waals surface area contributed by atoms with Gasteiger partial charge in [0.1, 0.15) is 0 Å². The molecule has 1 rings (SSSR count). The summed E-state index contributed by atoms with van der Waals surface area (Å²) in [6, 6.07) is 7.95. The predicted octanol–water partition coefficient (Wildman–Crippen LogP) is 3.24. The third-order valence-corrected chi connectivity index (χ3v) is 2.62. The van der Waals surface area contributed by atoms with Gasteiger partial charge in [0.05, 0.1) is 6.10 Å². The van der Waals surface area contributed by atoms with E-state index in [-0.39, 0.29) is 5.41 Å². The fourth-order valence-corrected chi connectivity index (χ4v) is 1.29. The molecule has 1 heteroatoms. The molecular weight excluding hydrogens is 172 g/mol. The van der Waals surface area contributed by atoms with Crippen LogP contribution in [0.3, 0.4) is 0 Å². The van der Waals surface area contributed by atoms with Crippen LogP contribution >= 0.6 is 0 Å². The normalized spacial score (nSPS) is 13.7. The van der Waals surface area contributed by atoms with Gasteiger partial charge in [-0.2, -0.15) is 0 Å². The minimum atomic E-state index is -0.486. The maximum atomic E-state index is 10.1. The molecule has 0 aromatic heterocycles. The van der Waals surface area contributed by atoms with Crippen LogP contribution in [0.1, 0.15) is 31.1 Å². The Hall–Kier alpha value is -1.08. The molecule has 0 fully saturated rings. The lowest BCUT2D eigenvalue weighted by atomic mass is 9.83. The summed E-state index contributed by atoms with van der Waals surface area (Å²) >= 11 is 0. The van der Waals surface area contributed by atoms with E-state index in [1.54, 1.807) is 6.08 Å². The van der Waals surface area contributed by atoms with E-state index in [1.165, 1.54) is 5.56 Å². The van der Waals surface area contributed by atoms with Crippen LogP contribution in [0.5, 0.6) is 0 Å². The first-order valence-corrected chi connectivity index (χ1v) is 4.85. The van der Waals surface area contributed by atoms with Crippen LogP contribution in [0.2, 0.25) is 0 Å². The first-order valence-electron chi connectivity index (χ1n) is 4.85. The molecule has 1 nitrogen and oxygen atoms in total. The fourth-order valence-electron chi connectivity index (χ4n) is 1.29. The number of hydrogen-bond donors (Lipinski definition) is 1. The molecule has 1 N–H and O–H groups in total. The van der Waals surface area contributed by atoms with E-state index in [2.05, 4.69) is 6.58 Å². The van der Waals surface area contributed by atoms with Crippen LogP contribution < -0.4 is 0 Å². The highest BCUT2D eigenvalue weighted by molar-refractivity contribution is 5.25. The van der Waals surface area contributed by atoms with Gasteiger partial charge < -0.3 is 5.11 Å². The van der Waals surface area contributed by atoms with Crippen molar-refractivity contribution in [2.45, 2.75) is 26.9 Å². The Bertz CT molecular complexity index is 309. The summed E-state index contributed by atoms with van der Waals surface area (Å²) in [5.41, 5.74) is 1.87. The van der Waals surface area contributed by atoms with Crippen molar-refractivity contribution in [3.05, 3.63) is 48.0 Å². The summed E-state index contributed by atoms with van der Waals surface area (Å²) in [5, 5.41) is 10.1. The highest BCUT2D eigenvalue weighted by Gasteiger charge is 2.25. The van der Waals surface area contributed by atoms with Gasteiger partial charge in [-0.1, -0.05) is 49.8 Å². The number of aliphatic hydroxyl groups is 1. The van der Waals surface area contributed by atoms with Crippen LogP contribution in [0.25, 0.3) is 0 Å². The number of aryl methyl sites for hydroxylation is 1. The highest BCUT2D eigenvalue weighted by Crippen LogP contribution is 2.33. The van der Waals surface area contributed by atoms with E-state index < -0.39 is 6.10 Å². The Labute approximate surface area is 86.1 Å². The largest absolute Gasteiger partial charge is 0.388 e. The summed E-state index contributed by atoms with van der Waals surface area (Å²) < 4.78 is 0. The van der Waals surface area contributed by atoms with Crippen molar-refractivity contribution in [3.8, 4) is 0 Å². The van der Waals surface area contributed by atoms with E-state index in [4.69, 9.17) is 0 Å². The summed E-state index contributed by atoms with van der Waals surface area (Å²) in [6.07, 6.45) is 1.30. The van der Waals surface area contributed by atoms with Gasteiger partial charge in [0.25, 0.3) is 0 Å². The third kappa shape index (κ3) is 2.24. The molecule has 1 unspecified atom stereocenters. The van der Waals surface area contributed by atoms with Crippen molar-refractivity contribution in [1.29, 1.82) is 0 Å². The van der Waals surface area contributed by atoms with Crippen molar-refractivity contribution in [2.24, 2.45) is 5.41 Å². The highest BCUT2D eigenvalue weighted by atomic mass is 16.3. The molecule has 1 aromatic carbocycles. The van der Waals surface area contributed by atoms with Gasteiger partial charge in [-0.25, -0.2) is 0 Å². The fraction of sp³-hybridized carbons (Fsp3) is 0.385. The van der Waals surface area contributed by atoms with Crippen LogP contribution in [0.15, 0.2) is 36.9 Å². The zero-order valence-electron chi connectivity index (χ0n) is 9.12. The van der Waals surface area contributed by atoms with E-state index >= 15 is 0 Å². The SMILES string of the molecule is C=CC(C)(C)C(O)c1ccc(C)cc1. The summed E-state index contributed by atoms with van der Waals surface area (Å²) in [6.45, 7) is 9.73. The van der Waals surface area contributed by atoms with Gasteiger partial charge in [-0.05, 0) is 12.5 Å². The first-order chi connectivity index (χ1) is 6.47. The number of benzene rings is 1. The van der Waals surface area contributed by atoms with Gasteiger partial charge in [-0.3, -0.25) is 0 Å². The Morgan fingerprint density at radius 1 is 1.29 bits per heavy atom. The van der Waals surface area contributed by atoms with Crippen molar-refractivity contribution in [1.82, 2.24) is 0 Å². The quantitative estimate of drug-likeness (QED) is 0.725. The Balaban J connectivity index is 2.95. The molecule has 1 aromatic rings. The molecule has 0 amide bonds. The molecule has 0 radical (unpaired) electrons. The second kappa shape index (κ2) is 3.97. The molecule has 0 bridgehead atoms. The predicted molar refractivity (Wildman–Crippen MR) is 60.1 cm³/mol. The summed E-state index contributed by atoms with van der Waals surface area (Å²) in [7, 11) is 0. The van der Waals surface area contributed by atoms with E-state index in [0.29, 0.717) is 0 Å². The van der Waals surface area contributed by atoms with Crippen molar-refractivity contribution < 1.29 is 5.11 Å². The van der Waals surface area contributed by atoms with Crippen molar-refractivity contribution >= 4 is 0 Å². The lowest BCUT2D eigenvalue weighted by Crippen LogP contribution is -2.18. The van der Waals surface area contributed by atoms with Gasteiger partial charge in [0.15, 0.2) is 0 Å². The molecule has 76 valence electrons. The molecule has 0 saturated carbocycles. The molecule has 1 atom stereocenters. The maximum absolute atomic E-state index is 10.1. The lowest BCUT2D eigenvalue weighted by molar-refractivity contribution is 0.0822. The second-order valence-electron chi connectivity index (χ2n) is 4.34. The monoisotopic (exact) mass is 190 g/mol. The van der Waals surface area contributed by atoms with Crippen molar-refractivity contribution in [2.75, 3.05) is 0 Å². The molecule has 0 spiro atoms. The Morgan fingerprint density at radius 3 is 2.21 bits per heavy atom. The van der Waals surface area contributed by atoms with Gasteiger partial charge >= 0.3 is 0 Å². The maximum Gasteiger partial charge on any atom is 0.0875 e. The summed E-state index contributed by atoms with van der Waals surface area (Å²) in [5.74, 6) is 0. The molecule has 0 heterocycles. The van der Waals surface area contributed by atoms with Crippen LogP contribution in [-0.4, -0.2) is 5.11 Å². The van der Waals surface area contributed by atoms with Crippen LogP contribution in [0, 0.1) is 12.3 Å². The van der Waals surface area contributed by atoms with Gasteiger partial charge in [-0.15, -0.1) is 6.58 Å². The Morgan fingerprint density at radius 2 is 1.79 bits per heavy atom. The first kappa shape index (κ1) is 11.0. The zero-order chi connectivity index (χ0) is 10.8. The molecule has 0 aliphatic rings. The average molecular weight is 190 g/mol. The van der Waals surface area contributed by atoms with Crippen LogP contribution in [0.4, 0.5) is 0 Å². The Kier molecular flexibility index (Phi) is 3.12. The molecule has 0 saturated heterocycles. The van der Waals surface area contributed by atoms with Crippen LogP contribution in [-0.2, 0) is 0 Å². The van der Waals surface area contributed by atoms with Gasteiger partial charge in [0, 0.05) is 5.41 Å². The smallest absolute Gasteiger partial charge is 0.0875 e. The third-order valence-electron chi connectivity index (χ3n) is 2.62. The molecular formula is C13H18O. The zero-order valence-corrected chi connectivity index (χ0v) is 9.12. The van der Waals surface area contributed by atoms with Gasteiger partial charge in [0.2, 0.25) is 0 Å².